The first-order valence-electron chi connectivity index (χ1n) is 6.42. The molecule has 0 radical (unpaired) electrons. The van der Waals surface area contributed by atoms with Crippen LogP contribution in [0.25, 0.3) is 0 Å². The van der Waals surface area contributed by atoms with E-state index < -0.39 is 0 Å². The van der Waals surface area contributed by atoms with Gasteiger partial charge < -0.3 is 10.1 Å². The summed E-state index contributed by atoms with van der Waals surface area (Å²) < 4.78 is 7.15. The van der Waals surface area contributed by atoms with Crippen molar-refractivity contribution in [3.8, 4) is 0 Å². The Labute approximate surface area is 104 Å². The first-order chi connectivity index (χ1) is 8.19. The van der Waals surface area contributed by atoms with Gasteiger partial charge in [-0.15, -0.1) is 0 Å². The molecule has 4 nitrogen and oxygen atoms in total. The van der Waals surface area contributed by atoms with Gasteiger partial charge >= 0.3 is 0 Å². The average molecular weight is 239 g/mol. The molecule has 1 rings (SSSR count). The Morgan fingerprint density at radius 1 is 1.47 bits per heavy atom. The zero-order valence-electron chi connectivity index (χ0n) is 11.5. The topological polar surface area (TPSA) is 39.1 Å². The van der Waals surface area contributed by atoms with E-state index in [1.165, 1.54) is 11.3 Å². The molecule has 0 bridgehead atoms. The summed E-state index contributed by atoms with van der Waals surface area (Å²) >= 11 is 0. The number of hydrogen-bond donors (Lipinski definition) is 1. The maximum Gasteiger partial charge on any atom is 0.0587 e. The molecule has 1 heterocycles. The third-order valence-corrected chi connectivity index (χ3v) is 2.71. The highest BCUT2D eigenvalue weighted by Crippen LogP contribution is 2.11. The van der Waals surface area contributed by atoms with Gasteiger partial charge in [0, 0.05) is 38.0 Å². The molecule has 0 aromatic carbocycles. The van der Waals surface area contributed by atoms with Crippen LogP contribution in [-0.2, 0) is 24.2 Å². The van der Waals surface area contributed by atoms with Crippen molar-refractivity contribution in [2.24, 2.45) is 5.92 Å². The standard InChI is InChI=1S/C13H25N3O/c1-5-13-12(8-14-6-7-17-4)9-15-16(13)10-11(2)3/h9,11,14H,5-8,10H2,1-4H3. The number of hydrogen-bond acceptors (Lipinski definition) is 3. The van der Waals surface area contributed by atoms with Crippen LogP contribution in [0.5, 0.6) is 0 Å². The van der Waals surface area contributed by atoms with Gasteiger partial charge in [-0.25, -0.2) is 0 Å². The minimum atomic E-state index is 0.634. The van der Waals surface area contributed by atoms with Crippen molar-refractivity contribution in [1.82, 2.24) is 15.1 Å². The summed E-state index contributed by atoms with van der Waals surface area (Å²) in [6, 6.07) is 0. The molecule has 1 N–H and O–H groups in total. The van der Waals surface area contributed by atoms with Crippen LogP contribution >= 0.6 is 0 Å². The van der Waals surface area contributed by atoms with Crippen LogP contribution in [0.3, 0.4) is 0 Å². The van der Waals surface area contributed by atoms with Gasteiger partial charge in [0.05, 0.1) is 12.8 Å². The predicted molar refractivity (Wildman–Crippen MR) is 70.0 cm³/mol. The van der Waals surface area contributed by atoms with E-state index in [4.69, 9.17) is 4.74 Å². The summed E-state index contributed by atoms with van der Waals surface area (Å²) in [6.45, 7) is 10.1. The van der Waals surface area contributed by atoms with Gasteiger partial charge in [-0.2, -0.15) is 5.10 Å². The van der Waals surface area contributed by atoms with E-state index in [0.29, 0.717) is 5.92 Å². The van der Waals surface area contributed by atoms with Crippen LogP contribution in [0.2, 0.25) is 0 Å². The molecule has 0 saturated carbocycles. The van der Waals surface area contributed by atoms with Crippen LogP contribution < -0.4 is 5.32 Å². The highest BCUT2D eigenvalue weighted by Gasteiger charge is 2.09. The van der Waals surface area contributed by atoms with Gasteiger partial charge in [0.1, 0.15) is 0 Å². The predicted octanol–water partition coefficient (Wildman–Crippen LogP) is 1.84. The Balaban J connectivity index is 2.56. The van der Waals surface area contributed by atoms with Crippen molar-refractivity contribution >= 4 is 0 Å². The number of nitrogens with zero attached hydrogens (tertiary/aromatic N) is 2. The van der Waals surface area contributed by atoms with E-state index in [0.717, 1.165) is 32.7 Å². The molecule has 0 atom stereocenters. The lowest BCUT2D eigenvalue weighted by molar-refractivity contribution is 0.199. The van der Waals surface area contributed by atoms with Gasteiger partial charge in [0.2, 0.25) is 0 Å². The Morgan fingerprint density at radius 3 is 2.82 bits per heavy atom. The smallest absolute Gasteiger partial charge is 0.0587 e. The molecule has 0 unspecified atom stereocenters. The molecular formula is C13H25N3O. The molecule has 17 heavy (non-hydrogen) atoms. The molecule has 1 aromatic rings. The highest BCUT2D eigenvalue weighted by molar-refractivity contribution is 5.17. The van der Waals surface area contributed by atoms with Crippen molar-refractivity contribution in [2.45, 2.75) is 40.3 Å². The quantitative estimate of drug-likeness (QED) is 0.704. The van der Waals surface area contributed by atoms with Crippen molar-refractivity contribution in [2.75, 3.05) is 20.3 Å². The lowest BCUT2D eigenvalue weighted by Gasteiger charge is -2.10. The fourth-order valence-corrected chi connectivity index (χ4v) is 1.91. The Kier molecular flexibility index (Phi) is 6.22. The number of aromatic nitrogens is 2. The number of rotatable bonds is 8. The van der Waals surface area contributed by atoms with Crippen LogP contribution in [0, 0.1) is 5.92 Å². The molecule has 0 spiro atoms. The lowest BCUT2D eigenvalue weighted by atomic mass is 10.2. The summed E-state index contributed by atoms with van der Waals surface area (Å²) in [6.07, 6.45) is 3.02. The molecule has 0 fully saturated rings. The zero-order chi connectivity index (χ0) is 12.7. The Bertz CT molecular complexity index is 320. The second-order valence-corrected chi connectivity index (χ2v) is 4.72. The average Bonchev–Trinajstić information content (AvgIpc) is 2.66. The summed E-state index contributed by atoms with van der Waals surface area (Å²) in [5, 5.41) is 7.84. The largest absolute Gasteiger partial charge is 0.383 e. The fourth-order valence-electron chi connectivity index (χ4n) is 1.91. The van der Waals surface area contributed by atoms with E-state index in [1.807, 2.05) is 6.20 Å². The molecule has 0 saturated heterocycles. The van der Waals surface area contributed by atoms with Crippen molar-refractivity contribution in [3.63, 3.8) is 0 Å². The molecule has 0 aliphatic carbocycles. The Hall–Kier alpha value is -0.870. The van der Waals surface area contributed by atoms with Gasteiger partial charge in [0.25, 0.3) is 0 Å². The molecule has 4 heteroatoms. The van der Waals surface area contributed by atoms with Crippen LogP contribution in [0.1, 0.15) is 32.0 Å². The van der Waals surface area contributed by atoms with E-state index in [-0.39, 0.29) is 0 Å². The molecule has 98 valence electrons. The molecule has 1 aromatic heterocycles. The third kappa shape index (κ3) is 4.48. The summed E-state index contributed by atoms with van der Waals surface area (Å²) in [5.74, 6) is 0.634. The second kappa shape index (κ2) is 7.45. The van der Waals surface area contributed by atoms with Crippen molar-refractivity contribution in [3.05, 3.63) is 17.5 Å². The maximum absolute atomic E-state index is 5.01. The minimum Gasteiger partial charge on any atom is -0.383 e. The van der Waals surface area contributed by atoms with E-state index >= 15 is 0 Å². The zero-order valence-corrected chi connectivity index (χ0v) is 11.5. The molecule has 0 aliphatic heterocycles. The number of methoxy groups -OCH3 is 1. The Morgan fingerprint density at radius 2 is 2.24 bits per heavy atom. The fraction of sp³-hybridized carbons (Fsp3) is 0.769. The van der Waals surface area contributed by atoms with Gasteiger partial charge in [-0.1, -0.05) is 20.8 Å². The van der Waals surface area contributed by atoms with Gasteiger partial charge in [-0.05, 0) is 12.3 Å². The normalized spacial score (nSPS) is 11.4. The van der Waals surface area contributed by atoms with Gasteiger partial charge in [0.15, 0.2) is 0 Å². The van der Waals surface area contributed by atoms with Crippen LogP contribution in [0.4, 0.5) is 0 Å². The third-order valence-electron chi connectivity index (χ3n) is 2.71. The first kappa shape index (κ1) is 14.2. The SMILES string of the molecule is CCc1c(CNCCOC)cnn1CC(C)C. The van der Waals surface area contributed by atoms with Crippen LogP contribution in [-0.4, -0.2) is 30.0 Å². The minimum absolute atomic E-state index is 0.634. The van der Waals surface area contributed by atoms with Gasteiger partial charge in [-0.3, -0.25) is 4.68 Å². The molecule has 0 amide bonds. The molecule has 0 aliphatic rings. The lowest BCUT2D eigenvalue weighted by Crippen LogP contribution is -2.19. The number of ether oxygens (including phenoxy) is 1. The van der Waals surface area contributed by atoms with E-state index in [9.17, 15) is 0 Å². The van der Waals surface area contributed by atoms with Crippen LogP contribution in [0.15, 0.2) is 6.20 Å². The summed E-state index contributed by atoms with van der Waals surface area (Å²) in [5.41, 5.74) is 2.66. The summed E-state index contributed by atoms with van der Waals surface area (Å²) in [7, 11) is 1.72. The molecular weight excluding hydrogens is 214 g/mol. The van der Waals surface area contributed by atoms with E-state index in [2.05, 4.69) is 35.9 Å². The second-order valence-electron chi connectivity index (χ2n) is 4.72. The number of nitrogens with one attached hydrogen (secondary N) is 1. The van der Waals surface area contributed by atoms with E-state index in [1.54, 1.807) is 7.11 Å². The van der Waals surface area contributed by atoms with Crippen molar-refractivity contribution in [1.29, 1.82) is 0 Å². The van der Waals surface area contributed by atoms with Crippen molar-refractivity contribution < 1.29 is 4.74 Å². The first-order valence-corrected chi connectivity index (χ1v) is 6.42. The summed E-state index contributed by atoms with van der Waals surface area (Å²) in [4.78, 5) is 0. The maximum atomic E-state index is 5.01. The monoisotopic (exact) mass is 239 g/mol. The highest BCUT2D eigenvalue weighted by atomic mass is 16.5.